The van der Waals surface area contributed by atoms with Crippen LogP contribution in [0.15, 0.2) is 53.5 Å². The number of ether oxygens (including phenoxy) is 1. The van der Waals surface area contributed by atoms with Crippen LogP contribution in [0.1, 0.15) is 44.1 Å². The van der Waals surface area contributed by atoms with Gasteiger partial charge in [-0.1, -0.05) is 29.8 Å². The topological polar surface area (TPSA) is 68.1 Å². The summed E-state index contributed by atoms with van der Waals surface area (Å²) in [5.41, 5.74) is 6.58. The van der Waals surface area contributed by atoms with Gasteiger partial charge in [-0.15, -0.1) is 0 Å². The zero-order chi connectivity index (χ0) is 20.9. The molecule has 0 aliphatic heterocycles. The van der Waals surface area contributed by atoms with E-state index in [2.05, 4.69) is 4.98 Å². The maximum absolute atomic E-state index is 14.7. The molecule has 2 aliphatic rings. The van der Waals surface area contributed by atoms with E-state index in [0.717, 1.165) is 49.5 Å². The van der Waals surface area contributed by atoms with Gasteiger partial charge in [0.1, 0.15) is 11.6 Å². The Kier molecular flexibility index (Phi) is 4.64. The van der Waals surface area contributed by atoms with Crippen LogP contribution in [0.4, 0.5) is 4.39 Å². The Labute approximate surface area is 179 Å². The average molecular weight is 427 g/mol. The Morgan fingerprint density at radius 1 is 1.10 bits per heavy atom. The summed E-state index contributed by atoms with van der Waals surface area (Å²) in [6, 6.07) is 12.3. The molecule has 3 aromatic rings. The molecule has 2 saturated carbocycles. The van der Waals surface area contributed by atoms with Gasteiger partial charge in [-0.05, 0) is 73.7 Å². The Morgan fingerprint density at radius 3 is 2.53 bits per heavy atom. The van der Waals surface area contributed by atoms with Crippen molar-refractivity contribution in [2.75, 3.05) is 0 Å². The summed E-state index contributed by atoms with van der Waals surface area (Å²) >= 11 is 6.40. The lowest BCUT2D eigenvalue weighted by Crippen LogP contribution is -2.51. The molecule has 0 bridgehead atoms. The number of benzene rings is 2. The maximum atomic E-state index is 14.7. The van der Waals surface area contributed by atoms with E-state index in [0.29, 0.717) is 16.2 Å². The third kappa shape index (κ3) is 3.12. The minimum Gasteiger partial charge on any atom is -0.489 e. The van der Waals surface area contributed by atoms with Gasteiger partial charge in [0.25, 0.3) is 5.56 Å². The first-order chi connectivity index (χ1) is 14.4. The highest BCUT2D eigenvalue weighted by molar-refractivity contribution is 6.32. The van der Waals surface area contributed by atoms with Crippen molar-refractivity contribution >= 4 is 22.4 Å². The zero-order valence-electron chi connectivity index (χ0n) is 16.6. The first-order valence-electron chi connectivity index (χ1n) is 10.4. The van der Waals surface area contributed by atoms with Gasteiger partial charge in [0, 0.05) is 22.5 Å². The molecule has 0 radical (unpaired) electrons. The molecule has 4 nitrogen and oxygen atoms in total. The summed E-state index contributed by atoms with van der Waals surface area (Å²) in [6.07, 6.45) is 6.55. The molecule has 1 aromatic heterocycles. The first-order valence-corrected chi connectivity index (χ1v) is 10.8. The molecular formula is C24H24ClFN2O2. The van der Waals surface area contributed by atoms with Gasteiger partial charge in [-0.25, -0.2) is 4.39 Å². The number of nitrogens with two attached hydrogens (primary N) is 1. The third-order valence-corrected chi connectivity index (χ3v) is 7.33. The Hall–Kier alpha value is -2.37. The number of fused-ring (bicyclic) bond motifs is 1. The molecule has 1 heterocycles. The summed E-state index contributed by atoms with van der Waals surface area (Å²) in [4.78, 5) is 14.6. The normalized spacial score (nSPS) is 25.2. The van der Waals surface area contributed by atoms with E-state index in [9.17, 15) is 9.18 Å². The van der Waals surface area contributed by atoms with Crippen LogP contribution in [0.3, 0.4) is 0 Å². The van der Waals surface area contributed by atoms with Crippen LogP contribution in [0, 0.1) is 5.82 Å². The van der Waals surface area contributed by atoms with Crippen molar-refractivity contribution in [3.8, 4) is 5.75 Å². The third-order valence-electron chi connectivity index (χ3n) is 7.04. The first kappa shape index (κ1) is 19.6. The number of aromatic amines is 1. The number of pyridine rings is 1. The SMILES string of the molecule is NC1([C@]2(c3ccccc3F)CC[C@@H](Oc3cc4cc[nH]c(=O)c4cc3Cl)CC2)CC1. The zero-order valence-corrected chi connectivity index (χ0v) is 17.3. The van der Waals surface area contributed by atoms with Crippen molar-refractivity contribution in [1.29, 1.82) is 0 Å². The number of halogens is 2. The second kappa shape index (κ2) is 7.10. The molecule has 0 amide bonds. The average Bonchev–Trinajstić information content (AvgIpc) is 3.49. The lowest BCUT2D eigenvalue weighted by molar-refractivity contribution is 0.0981. The highest BCUT2D eigenvalue weighted by atomic mass is 35.5. The lowest BCUT2D eigenvalue weighted by atomic mass is 9.62. The van der Waals surface area contributed by atoms with Crippen LogP contribution < -0.4 is 16.0 Å². The van der Waals surface area contributed by atoms with Crippen LogP contribution in [0.5, 0.6) is 5.75 Å². The minimum absolute atomic E-state index is 0.0239. The smallest absolute Gasteiger partial charge is 0.255 e. The van der Waals surface area contributed by atoms with E-state index >= 15 is 0 Å². The highest BCUT2D eigenvalue weighted by Crippen LogP contribution is 2.57. The molecule has 30 heavy (non-hydrogen) atoms. The summed E-state index contributed by atoms with van der Waals surface area (Å²) in [5.74, 6) is 0.406. The Balaban J connectivity index is 1.39. The van der Waals surface area contributed by atoms with Gasteiger partial charge >= 0.3 is 0 Å². The van der Waals surface area contributed by atoms with Crippen LogP contribution >= 0.6 is 11.6 Å². The molecule has 156 valence electrons. The van der Waals surface area contributed by atoms with Crippen LogP contribution in [-0.4, -0.2) is 16.6 Å². The molecule has 2 aliphatic carbocycles. The number of rotatable bonds is 4. The Morgan fingerprint density at radius 2 is 1.83 bits per heavy atom. The van der Waals surface area contributed by atoms with E-state index in [1.807, 2.05) is 24.3 Å². The highest BCUT2D eigenvalue weighted by Gasteiger charge is 2.59. The fourth-order valence-electron chi connectivity index (χ4n) is 5.16. The van der Waals surface area contributed by atoms with Crippen LogP contribution in [0.25, 0.3) is 10.8 Å². The molecule has 0 spiro atoms. The van der Waals surface area contributed by atoms with Crippen molar-refractivity contribution in [2.45, 2.75) is 55.6 Å². The van der Waals surface area contributed by atoms with E-state index in [4.69, 9.17) is 22.1 Å². The second-order valence-electron chi connectivity index (χ2n) is 8.71. The van der Waals surface area contributed by atoms with Gasteiger partial charge in [-0.2, -0.15) is 0 Å². The van der Waals surface area contributed by atoms with E-state index < -0.39 is 0 Å². The Bertz CT molecular complexity index is 1160. The number of H-pyrrole nitrogens is 1. The molecule has 0 unspecified atom stereocenters. The molecule has 2 fully saturated rings. The van der Waals surface area contributed by atoms with Gasteiger partial charge in [0.15, 0.2) is 0 Å². The van der Waals surface area contributed by atoms with Crippen LogP contribution in [0.2, 0.25) is 5.02 Å². The molecule has 2 aromatic carbocycles. The molecule has 5 rings (SSSR count). The summed E-state index contributed by atoms with van der Waals surface area (Å²) in [6.45, 7) is 0. The number of hydrogen-bond donors (Lipinski definition) is 2. The van der Waals surface area contributed by atoms with Gasteiger partial charge in [-0.3, -0.25) is 4.79 Å². The van der Waals surface area contributed by atoms with Crippen molar-refractivity contribution in [3.63, 3.8) is 0 Å². The lowest BCUT2D eigenvalue weighted by Gasteiger charge is -2.45. The van der Waals surface area contributed by atoms with Crippen LogP contribution in [-0.2, 0) is 5.41 Å². The van der Waals surface area contributed by atoms with E-state index in [1.165, 1.54) is 6.07 Å². The van der Waals surface area contributed by atoms with Crippen molar-refractivity contribution in [3.05, 3.63) is 75.4 Å². The fraction of sp³-hybridized carbons (Fsp3) is 0.375. The van der Waals surface area contributed by atoms with E-state index in [-0.39, 0.29) is 28.4 Å². The minimum atomic E-state index is -0.349. The largest absolute Gasteiger partial charge is 0.489 e. The molecule has 0 saturated heterocycles. The monoisotopic (exact) mass is 426 g/mol. The maximum Gasteiger partial charge on any atom is 0.255 e. The standard InChI is InChI=1S/C24H24ClFN2O2/c25-19-14-17-15(7-12-28-22(17)29)13-21(19)30-16-5-8-23(9-6-16,24(27)10-11-24)18-3-1-2-4-20(18)26/h1-4,7,12-14,16H,5-6,8-11,27H2,(H,28,29)/t16-,23-. The van der Waals surface area contributed by atoms with Gasteiger partial charge in [0.05, 0.1) is 11.1 Å². The summed E-state index contributed by atoms with van der Waals surface area (Å²) < 4.78 is 21.0. The predicted molar refractivity (Wildman–Crippen MR) is 117 cm³/mol. The molecular weight excluding hydrogens is 403 g/mol. The van der Waals surface area contributed by atoms with Crippen molar-refractivity contribution < 1.29 is 9.13 Å². The van der Waals surface area contributed by atoms with Crippen molar-refractivity contribution in [2.24, 2.45) is 5.73 Å². The summed E-state index contributed by atoms with van der Waals surface area (Å²) in [7, 11) is 0. The predicted octanol–water partition coefficient (Wildman–Crippen LogP) is 5.07. The quantitative estimate of drug-likeness (QED) is 0.611. The second-order valence-corrected chi connectivity index (χ2v) is 9.12. The number of aromatic nitrogens is 1. The van der Waals surface area contributed by atoms with Gasteiger partial charge < -0.3 is 15.5 Å². The molecule has 3 N–H and O–H groups in total. The van der Waals surface area contributed by atoms with E-state index in [1.54, 1.807) is 18.3 Å². The van der Waals surface area contributed by atoms with Crippen molar-refractivity contribution in [1.82, 2.24) is 4.98 Å². The summed E-state index contributed by atoms with van der Waals surface area (Å²) in [5, 5.41) is 1.74. The number of hydrogen-bond acceptors (Lipinski definition) is 3. The molecule has 0 atom stereocenters. The fourth-order valence-corrected chi connectivity index (χ4v) is 5.37. The molecule has 6 heteroatoms. The van der Waals surface area contributed by atoms with Gasteiger partial charge in [0.2, 0.25) is 0 Å². The number of nitrogens with one attached hydrogen (secondary N) is 1.